The van der Waals surface area contributed by atoms with Crippen molar-refractivity contribution in [2.45, 2.75) is 11.4 Å². The third-order valence-corrected chi connectivity index (χ3v) is 6.57. The number of halogens is 2. The van der Waals surface area contributed by atoms with Crippen LogP contribution in [0.4, 0.5) is 5.69 Å². The molecule has 0 spiro atoms. The van der Waals surface area contributed by atoms with Gasteiger partial charge >= 0.3 is 0 Å². The molecule has 3 aromatic rings. The van der Waals surface area contributed by atoms with Crippen molar-refractivity contribution >= 4 is 44.8 Å². The summed E-state index contributed by atoms with van der Waals surface area (Å²) in [6.07, 6.45) is 1.63. The summed E-state index contributed by atoms with van der Waals surface area (Å²) in [6, 6.07) is 15.7. The van der Waals surface area contributed by atoms with Crippen molar-refractivity contribution in [3.8, 4) is 0 Å². The van der Waals surface area contributed by atoms with E-state index in [2.05, 4.69) is 10.3 Å². The molecule has 150 valence electrons. The molecule has 0 atom stereocenters. The molecule has 0 unspecified atom stereocenters. The minimum absolute atomic E-state index is 0.0838. The number of aromatic nitrogens is 1. The van der Waals surface area contributed by atoms with Gasteiger partial charge in [-0.3, -0.25) is 14.1 Å². The van der Waals surface area contributed by atoms with Gasteiger partial charge in [0, 0.05) is 18.3 Å². The Morgan fingerprint density at radius 3 is 2.45 bits per heavy atom. The lowest BCUT2D eigenvalue weighted by Gasteiger charge is -2.20. The molecule has 1 aromatic heterocycles. The van der Waals surface area contributed by atoms with Gasteiger partial charge in [0.15, 0.2) is 0 Å². The van der Waals surface area contributed by atoms with Gasteiger partial charge in [0.1, 0.15) is 0 Å². The highest BCUT2D eigenvalue weighted by Gasteiger charge is 2.23. The summed E-state index contributed by atoms with van der Waals surface area (Å²) >= 11 is 12.0. The monoisotopic (exact) mass is 449 g/mol. The minimum atomic E-state index is -3.83. The van der Waals surface area contributed by atoms with Crippen LogP contribution in [-0.2, 0) is 16.6 Å². The molecule has 1 N–H and O–H groups in total. The predicted molar refractivity (Wildman–Crippen MR) is 114 cm³/mol. The number of pyridine rings is 1. The summed E-state index contributed by atoms with van der Waals surface area (Å²) in [5.41, 5.74) is 1.15. The van der Waals surface area contributed by atoms with Gasteiger partial charge in [-0.1, -0.05) is 29.3 Å². The molecule has 0 fully saturated rings. The Balaban J connectivity index is 1.84. The van der Waals surface area contributed by atoms with E-state index < -0.39 is 15.9 Å². The normalized spacial score (nSPS) is 11.1. The van der Waals surface area contributed by atoms with Crippen LogP contribution in [0.1, 0.15) is 16.1 Å². The molecule has 0 aliphatic rings. The first-order valence-corrected chi connectivity index (χ1v) is 10.7. The van der Waals surface area contributed by atoms with E-state index in [1.807, 2.05) is 6.07 Å². The summed E-state index contributed by atoms with van der Waals surface area (Å²) in [7, 11) is -2.42. The fourth-order valence-corrected chi connectivity index (χ4v) is 4.07. The van der Waals surface area contributed by atoms with Gasteiger partial charge in [-0.15, -0.1) is 0 Å². The molecule has 9 heteroatoms. The number of amides is 1. The third kappa shape index (κ3) is 4.87. The summed E-state index contributed by atoms with van der Waals surface area (Å²) in [4.78, 5) is 16.8. The first kappa shape index (κ1) is 21.1. The Labute approximate surface area is 179 Å². The molecule has 0 saturated carbocycles. The quantitative estimate of drug-likeness (QED) is 0.612. The molecule has 0 aliphatic carbocycles. The average Bonchev–Trinajstić information content (AvgIpc) is 2.73. The fraction of sp³-hybridized carbons (Fsp3) is 0.100. The van der Waals surface area contributed by atoms with Crippen molar-refractivity contribution < 1.29 is 13.2 Å². The van der Waals surface area contributed by atoms with E-state index in [4.69, 9.17) is 23.2 Å². The SMILES string of the molecule is CN(c1ccc(Cl)c(C(=O)NCc2ccccn2)c1)S(=O)(=O)c1ccc(Cl)cc1. The van der Waals surface area contributed by atoms with Crippen LogP contribution < -0.4 is 9.62 Å². The highest BCUT2D eigenvalue weighted by molar-refractivity contribution is 7.92. The van der Waals surface area contributed by atoms with Crippen LogP contribution in [0.5, 0.6) is 0 Å². The lowest BCUT2D eigenvalue weighted by atomic mass is 10.2. The molecule has 2 aromatic carbocycles. The van der Waals surface area contributed by atoms with Crippen LogP contribution in [0.15, 0.2) is 71.8 Å². The zero-order valence-corrected chi connectivity index (χ0v) is 17.7. The summed E-state index contributed by atoms with van der Waals surface area (Å²) in [5.74, 6) is -0.431. The number of nitrogens with one attached hydrogen (secondary N) is 1. The smallest absolute Gasteiger partial charge is 0.264 e. The Bertz CT molecular complexity index is 1120. The number of benzene rings is 2. The minimum Gasteiger partial charge on any atom is -0.346 e. The first-order valence-electron chi connectivity index (χ1n) is 8.51. The van der Waals surface area contributed by atoms with Gasteiger partial charge in [0.05, 0.1) is 33.4 Å². The van der Waals surface area contributed by atoms with Crippen molar-refractivity contribution in [1.29, 1.82) is 0 Å². The fourth-order valence-electron chi connectivity index (χ4n) is 2.56. The van der Waals surface area contributed by atoms with Crippen LogP contribution in [0.25, 0.3) is 0 Å². The number of carbonyl (C=O) groups is 1. The van der Waals surface area contributed by atoms with Crippen molar-refractivity contribution in [2.75, 3.05) is 11.4 Å². The molecule has 1 heterocycles. The molecule has 3 rings (SSSR count). The third-order valence-electron chi connectivity index (χ3n) is 4.19. The number of carbonyl (C=O) groups excluding carboxylic acids is 1. The first-order chi connectivity index (χ1) is 13.8. The van der Waals surface area contributed by atoms with E-state index in [1.54, 1.807) is 18.3 Å². The zero-order chi connectivity index (χ0) is 21.0. The van der Waals surface area contributed by atoms with Gasteiger partial charge in [0.2, 0.25) is 0 Å². The van der Waals surface area contributed by atoms with E-state index >= 15 is 0 Å². The summed E-state index contributed by atoms with van der Waals surface area (Å²) in [6.45, 7) is 0.221. The molecular formula is C20H17Cl2N3O3S. The van der Waals surface area contributed by atoms with Gasteiger partial charge < -0.3 is 5.32 Å². The van der Waals surface area contributed by atoms with Crippen molar-refractivity contribution in [2.24, 2.45) is 0 Å². The van der Waals surface area contributed by atoms with Crippen molar-refractivity contribution in [3.05, 3.63) is 88.2 Å². The molecular weight excluding hydrogens is 433 g/mol. The summed E-state index contributed by atoms with van der Waals surface area (Å²) in [5, 5.41) is 3.38. The Morgan fingerprint density at radius 2 is 1.79 bits per heavy atom. The number of sulfonamides is 1. The van der Waals surface area contributed by atoms with Crippen LogP contribution in [0, 0.1) is 0 Å². The second kappa shape index (κ2) is 8.82. The molecule has 0 radical (unpaired) electrons. The zero-order valence-electron chi connectivity index (χ0n) is 15.3. The van der Waals surface area contributed by atoms with E-state index in [9.17, 15) is 13.2 Å². The van der Waals surface area contributed by atoms with Gasteiger partial charge in [0.25, 0.3) is 15.9 Å². The van der Waals surface area contributed by atoms with Crippen LogP contribution in [0.2, 0.25) is 10.0 Å². The Kier molecular flexibility index (Phi) is 6.42. The maximum absolute atomic E-state index is 12.9. The van der Waals surface area contributed by atoms with E-state index in [0.717, 1.165) is 4.31 Å². The molecule has 0 bridgehead atoms. The number of hydrogen-bond donors (Lipinski definition) is 1. The number of nitrogens with zero attached hydrogens (tertiary/aromatic N) is 2. The van der Waals surface area contributed by atoms with Gasteiger partial charge in [-0.2, -0.15) is 0 Å². The number of hydrogen-bond acceptors (Lipinski definition) is 4. The Hall–Kier alpha value is -2.61. The van der Waals surface area contributed by atoms with E-state index in [1.165, 1.54) is 49.5 Å². The highest BCUT2D eigenvalue weighted by atomic mass is 35.5. The molecule has 29 heavy (non-hydrogen) atoms. The maximum atomic E-state index is 12.9. The molecule has 6 nitrogen and oxygen atoms in total. The number of rotatable bonds is 6. The standard InChI is InChI=1S/C20H17Cl2N3O3S/c1-25(29(27,28)17-8-5-14(21)6-9-17)16-7-10-19(22)18(12-16)20(26)24-13-15-4-2-3-11-23-15/h2-12H,13H2,1H3,(H,24,26). The molecule has 0 aliphatic heterocycles. The second-order valence-electron chi connectivity index (χ2n) is 6.09. The van der Waals surface area contributed by atoms with E-state index in [0.29, 0.717) is 16.4 Å². The average molecular weight is 450 g/mol. The lowest BCUT2D eigenvalue weighted by molar-refractivity contribution is 0.0950. The maximum Gasteiger partial charge on any atom is 0.264 e. The predicted octanol–water partition coefficient (Wildman–Crippen LogP) is 4.14. The van der Waals surface area contributed by atoms with Crippen LogP contribution in [0.3, 0.4) is 0 Å². The van der Waals surface area contributed by atoms with E-state index in [-0.39, 0.29) is 22.0 Å². The lowest BCUT2D eigenvalue weighted by Crippen LogP contribution is -2.28. The topological polar surface area (TPSA) is 79.4 Å². The van der Waals surface area contributed by atoms with Gasteiger partial charge in [-0.05, 0) is 54.6 Å². The highest BCUT2D eigenvalue weighted by Crippen LogP contribution is 2.27. The van der Waals surface area contributed by atoms with Gasteiger partial charge in [-0.25, -0.2) is 8.42 Å². The number of anilines is 1. The summed E-state index contributed by atoms with van der Waals surface area (Å²) < 4.78 is 26.8. The van der Waals surface area contributed by atoms with Crippen molar-refractivity contribution in [3.63, 3.8) is 0 Å². The van der Waals surface area contributed by atoms with Crippen LogP contribution in [-0.4, -0.2) is 26.4 Å². The second-order valence-corrected chi connectivity index (χ2v) is 8.91. The Morgan fingerprint density at radius 1 is 1.07 bits per heavy atom. The largest absolute Gasteiger partial charge is 0.346 e. The molecule has 1 amide bonds. The van der Waals surface area contributed by atoms with Crippen molar-refractivity contribution in [1.82, 2.24) is 10.3 Å². The molecule has 0 saturated heterocycles. The van der Waals surface area contributed by atoms with Crippen LogP contribution >= 0.6 is 23.2 Å².